The highest BCUT2D eigenvalue weighted by Crippen LogP contribution is 2.13. The van der Waals surface area contributed by atoms with E-state index in [1.54, 1.807) is 13.8 Å². The van der Waals surface area contributed by atoms with Gasteiger partial charge in [0.1, 0.15) is 6.04 Å². The molecule has 1 atom stereocenters. The maximum Gasteiger partial charge on any atom is 0.322 e. The molecular weight excluding hydrogens is 282 g/mol. The van der Waals surface area contributed by atoms with Crippen LogP contribution in [0.4, 0.5) is 0 Å². The summed E-state index contributed by atoms with van der Waals surface area (Å²) in [5.74, 6) is -1.80. The molecule has 0 aliphatic carbocycles. The lowest BCUT2D eigenvalue weighted by molar-refractivity contribution is -0.140. The molecule has 0 aromatic heterocycles. The van der Waals surface area contributed by atoms with Crippen molar-refractivity contribution >= 4 is 21.8 Å². The first kappa shape index (κ1) is 16.3. The number of hydrogen-bond acceptors (Lipinski definition) is 4. The van der Waals surface area contributed by atoms with E-state index in [9.17, 15) is 18.0 Å². The van der Waals surface area contributed by atoms with E-state index in [4.69, 9.17) is 5.11 Å². The molecule has 1 aromatic rings. The van der Waals surface area contributed by atoms with Crippen LogP contribution < -0.4 is 4.72 Å². The maximum atomic E-state index is 12.1. The lowest BCUT2D eigenvalue weighted by Gasteiger charge is -2.18. The molecule has 1 rings (SSSR count). The van der Waals surface area contributed by atoms with Gasteiger partial charge in [-0.1, -0.05) is 26.0 Å². The van der Waals surface area contributed by atoms with Crippen LogP contribution in [0.25, 0.3) is 0 Å². The van der Waals surface area contributed by atoms with Crippen LogP contribution in [-0.2, 0) is 14.8 Å². The van der Waals surface area contributed by atoms with E-state index in [1.165, 1.54) is 31.2 Å². The minimum absolute atomic E-state index is 0.0746. The van der Waals surface area contributed by atoms with Crippen molar-refractivity contribution in [2.45, 2.75) is 31.7 Å². The van der Waals surface area contributed by atoms with Crippen LogP contribution >= 0.6 is 0 Å². The molecule has 110 valence electrons. The lowest BCUT2D eigenvalue weighted by atomic mass is 10.1. The number of Topliss-reactive ketones (excluding diaryl/α,β-unsaturated/α-hetero) is 1. The Kier molecular flexibility index (Phi) is 5.02. The Labute approximate surface area is 117 Å². The molecule has 0 aliphatic heterocycles. The number of sulfonamides is 1. The number of nitrogens with one attached hydrogen (secondary N) is 1. The molecule has 0 aliphatic rings. The van der Waals surface area contributed by atoms with Crippen LogP contribution in [0, 0.1) is 5.92 Å². The predicted octanol–water partition coefficient (Wildman–Crippen LogP) is 1.28. The summed E-state index contributed by atoms with van der Waals surface area (Å²) in [7, 11) is -3.93. The van der Waals surface area contributed by atoms with E-state index >= 15 is 0 Å². The van der Waals surface area contributed by atoms with Crippen LogP contribution in [0.3, 0.4) is 0 Å². The first-order valence-corrected chi connectivity index (χ1v) is 7.49. The van der Waals surface area contributed by atoms with Gasteiger partial charge in [0.15, 0.2) is 5.78 Å². The van der Waals surface area contributed by atoms with E-state index < -0.39 is 28.0 Å². The Morgan fingerprint density at radius 3 is 2.00 bits per heavy atom. The second kappa shape index (κ2) is 6.15. The molecule has 0 radical (unpaired) electrons. The number of aliphatic carboxylic acids is 1. The highest BCUT2D eigenvalue weighted by atomic mass is 32.2. The number of hydrogen-bond donors (Lipinski definition) is 2. The number of ketones is 1. The molecule has 0 saturated carbocycles. The van der Waals surface area contributed by atoms with E-state index in [-0.39, 0.29) is 10.7 Å². The van der Waals surface area contributed by atoms with Crippen molar-refractivity contribution in [3.05, 3.63) is 29.8 Å². The first-order valence-electron chi connectivity index (χ1n) is 6.01. The highest BCUT2D eigenvalue weighted by molar-refractivity contribution is 7.89. The number of carboxylic acids is 1. The van der Waals surface area contributed by atoms with Crippen molar-refractivity contribution in [2.75, 3.05) is 0 Å². The standard InChI is InChI=1S/C13H17NO5S/c1-8(2)12(13(16)17)14-20(18,19)11-6-4-10(5-7-11)9(3)15/h4-8,12,14H,1-3H3,(H,16,17)/t12-/m1/s1. The second-order valence-electron chi connectivity index (χ2n) is 4.76. The molecule has 0 unspecified atom stereocenters. The fourth-order valence-corrected chi connectivity index (χ4v) is 2.91. The maximum absolute atomic E-state index is 12.1. The predicted molar refractivity (Wildman–Crippen MR) is 73.0 cm³/mol. The SMILES string of the molecule is CC(=O)c1ccc(S(=O)(=O)N[C@@H](C(=O)O)C(C)C)cc1. The van der Waals surface area contributed by atoms with Crippen LogP contribution in [-0.4, -0.2) is 31.3 Å². The van der Waals surface area contributed by atoms with Crippen LogP contribution in [0.1, 0.15) is 31.1 Å². The highest BCUT2D eigenvalue weighted by Gasteiger charge is 2.27. The summed E-state index contributed by atoms with van der Waals surface area (Å²) in [5.41, 5.74) is 0.391. The van der Waals surface area contributed by atoms with Gasteiger partial charge in [0.2, 0.25) is 10.0 Å². The summed E-state index contributed by atoms with van der Waals surface area (Å²) in [5, 5.41) is 9.00. The average Bonchev–Trinajstić information content (AvgIpc) is 2.35. The largest absolute Gasteiger partial charge is 0.480 e. The third-order valence-corrected chi connectivity index (χ3v) is 4.24. The Balaban J connectivity index is 3.04. The Hall–Kier alpha value is -1.73. The van der Waals surface area contributed by atoms with Gasteiger partial charge in [0, 0.05) is 5.56 Å². The number of benzene rings is 1. The second-order valence-corrected chi connectivity index (χ2v) is 6.48. The van der Waals surface area contributed by atoms with E-state index in [2.05, 4.69) is 4.72 Å². The molecule has 7 heteroatoms. The zero-order chi connectivity index (χ0) is 15.5. The van der Waals surface area contributed by atoms with Crippen LogP contribution in [0.2, 0.25) is 0 Å². The van der Waals surface area contributed by atoms with Crippen LogP contribution in [0.5, 0.6) is 0 Å². The van der Waals surface area contributed by atoms with Gasteiger partial charge >= 0.3 is 5.97 Å². The number of carboxylic acid groups (broad SMARTS) is 1. The summed E-state index contributed by atoms with van der Waals surface area (Å²) in [6.45, 7) is 4.60. The summed E-state index contributed by atoms with van der Waals surface area (Å²) >= 11 is 0. The third kappa shape index (κ3) is 3.88. The van der Waals surface area contributed by atoms with E-state index in [1.807, 2.05) is 0 Å². The topological polar surface area (TPSA) is 101 Å². The van der Waals surface area contributed by atoms with Gasteiger partial charge in [-0.2, -0.15) is 4.72 Å². The number of carbonyl (C=O) groups excluding carboxylic acids is 1. The van der Waals surface area contributed by atoms with Gasteiger partial charge in [-0.25, -0.2) is 8.42 Å². The van der Waals surface area contributed by atoms with Crippen LogP contribution in [0.15, 0.2) is 29.2 Å². The molecule has 0 amide bonds. The fraction of sp³-hybridized carbons (Fsp3) is 0.385. The Bertz CT molecular complexity index is 604. The van der Waals surface area contributed by atoms with Crippen molar-refractivity contribution in [2.24, 2.45) is 5.92 Å². The van der Waals surface area contributed by atoms with Gasteiger partial charge < -0.3 is 5.11 Å². The average molecular weight is 299 g/mol. The van der Waals surface area contributed by atoms with Crippen molar-refractivity contribution in [1.82, 2.24) is 4.72 Å². The van der Waals surface area contributed by atoms with Crippen molar-refractivity contribution < 1.29 is 23.1 Å². The molecule has 0 heterocycles. The van der Waals surface area contributed by atoms with E-state index in [0.29, 0.717) is 5.56 Å². The third-order valence-electron chi connectivity index (χ3n) is 2.79. The molecule has 20 heavy (non-hydrogen) atoms. The minimum Gasteiger partial charge on any atom is -0.480 e. The molecule has 6 nitrogen and oxygen atoms in total. The first-order chi connectivity index (χ1) is 9.15. The lowest BCUT2D eigenvalue weighted by Crippen LogP contribution is -2.44. The summed E-state index contributed by atoms with van der Waals surface area (Å²) in [4.78, 5) is 22.1. The Morgan fingerprint density at radius 1 is 1.15 bits per heavy atom. The molecule has 2 N–H and O–H groups in total. The van der Waals surface area contributed by atoms with Gasteiger partial charge in [-0.15, -0.1) is 0 Å². The number of rotatable bonds is 6. The number of carbonyl (C=O) groups is 2. The summed E-state index contributed by atoms with van der Waals surface area (Å²) in [6.07, 6.45) is 0. The molecular formula is C13H17NO5S. The van der Waals surface area contributed by atoms with Gasteiger partial charge in [-0.05, 0) is 25.0 Å². The van der Waals surface area contributed by atoms with Gasteiger partial charge in [0.25, 0.3) is 0 Å². The molecule has 0 bridgehead atoms. The molecule has 1 aromatic carbocycles. The quantitative estimate of drug-likeness (QED) is 0.771. The van der Waals surface area contributed by atoms with Crippen molar-refractivity contribution in [3.63, 3.8) is 0 Å². The zero-order valence-corrected chi connectivity index (χ0v) is 12.3. The smallest absolute Gasteiger partial charge is 0.322 e. The van der Waals surface area contributed by atoms with Gasteiger partial charge in [-0.3, -0.25) is 9.59 Å². The van der Waals surface area contributed by atoms with Gasteiger partial charge in [0.05, 0.1) is 4.90 Å². The summed E-state index contributed by atoms with van der Waals surface area (Å²) < 4.78 is 26.3. The monoisotopic (exact) mass is 299 g/mol. The normalized spacial score (nSPS) is 13.2. The zero-order valence-electron chi connectivity index (χ0n) is 11.5. The molecule has 0 fully saturated rings. The minimum atomic E-state index is -3.93. The van der Waals surface area contributed by atoms with Crippen molar-refractivity contribution in [1.29, 1.82) is 0 Å². The fourth-order valence-electron chi connectivity index (χ4n) is 1.58. The van der Waals surface area contributed by atoms with Crippen molar-refractivity contribution in [3.8, 4) is 0 Å². The van der Waals surface area contributed by atoms with E-state index in [0.717, 1.165) is 0 Å². The molecule has 0 spiro atoms. The Morgan fingerprint density at radius 2 is 1.65 bits per heavy atom. The summed E-state index contributed by atoms with van der Waals surface area (Å²) in [6, 6.07) is 4.13. The molecule has 0 saturated heterocycles.